The van der Waals surface area contributed by atoms with Gasteiger partial charge in [0.2, 0.25) is 15.9 Å². The van der Waals surface area contributed by atoms with Gasteiger partial charge in [0.05, 0.1) is 16.7 Å². The summed E-state index contributed by atoms with van der Waals surface area (Å²) >= 11 is 0. The fourth-order valence-electron chi connectivity index (χ4n) is 3.92. The highest BCUT2D eigenvalue weighted by Gasteiger charge is 2.38. The van der Waals surface area contributed by atoms with E-state index in [1.165, 1.54) is 4.31 Å². The zero-order valence-corrected chi connectivity index (χ0v) is 17.6. The molecular weight excluding hydrogens is 392 g/mol. The lowest BCUT2D eigenvalue weighted by Gasteiger charge is -2.37. The molecule has 0 spiro atoms. The number of carboxylic acids is 1. The third-order valence-electron chi connectivity index (χ3n) is 5.80. The van der Waals surface area contributed by atoms with Crippen molar-refractivity contribution in [2.45, 2.75) is 37.5 Å². The molecule has 2 aliphatic rings. The predicted octanol–water partition coefficient (Wildman–Crippen LogP) is 2.31. The molecule has 3 rings (SSSR count). The van der Waals surface area contributed by atoms with Crippen LogP contribution in [-0.2, 0) is 19.6 Å². The van der Waals surface area contributed by atoms with Gasteiger partial charge in [0.15, 0.2) is 0 Å². The second kappa shape index (κ2) is 8.67. The second-order valence-corrected chi connectivity index (χ2v) is 9.89. The molecule has 0 bridgehead atoms. The quantitative estimate of drug-likeness (QED) is 0.738. The van der Waals surface area contributed by atoms with Crippen molar-refractivity contribution in [1.82, 2.24) is 9.21 Å². The van der Waals surface area contributed by atoms with Gasteiger partial charge in [-0.15, -0.1) is 0 Å². The van der Waals surface area contributed by atoms with Gasteiger partial charge in [-0.1, -0.05) is 38.1 Å². The van der Waals surface area contributed by atoms with E-state index >= 15 is 0 Å². The zero-order valence-electron chi connectivity index (χ0n) is 16.8. The molecule has 1 aromatic rings. The van der Waals surface area contributed by atoms with Crippen LogP contribution in [0.15, 0.2) is 41.3 Å². The number of nitrogens with zero attached hydrogens (tertiary/aromatic N) is 2. The van der Waals surface area contributed by atoms with Crippen molar-refractivity contribution in [2.24, 2.45) is 11.8 Å². The van der Waals surface area contributed by atoms with Crippen LogP contribution in [-0.4, -0.2) is 60.8 Å². The van der Waals surface area contributed by atoms with E-state index in [1.54, 1.807) is 23.1 Å². The summed E-state index contributed by atoms with van der Waals surface area (Å²) in [6.07, 6.45) is 4.42. The molecule has 2 atom stereocenters. The summed E-state index contributed by atoms with van der Waals surface area (Å²) in [5.41, 5.74) is 1.08. The van der Waals surface area contributed by atoms with Crippen LogP contribution in [0, 0.1) is 11.8 Å². The summed E-state index contributed by atoms with van der Waals surface area (Å²) in [6, 6.07) is 6.93. The molecule has 1 saturated heterocycles. The monoisotopic (exact) mass is 420 g/mol. The Labute approximate surface area is 172 Å². The Morgan fingerprint density at radius 1 is 0.966 bits per heavy atom. The highest BCUT2D eigenvalue weighted by Crippen LogP contribution is 2.29. The minimum Gasteiger partial charge on any atom is -0.481 e. The van der Waals surface area contributed by atoms with Crippen molar-refractivity contribution in [2.75, 3.05) is 26.2 Å². The summed E-state index contributed by atoms with van der Waals surface area (Å²) in [6.45, 7) is 5.07. The van der Waals surface area contributed by atoms with Crippen LogP contribution in [0.1, 0.15) is 38.2 Å². The van der Waals surface area contributed by atoms with Gasteiger partial charge in [0.25, 0.3) is 0 Å². The lowest BCUT2D eigenvalue weighted by Crippen LogP contribution is -2.53. The molecule has 1 N–H and O–H groups in total. The summed E-state index contributed by atoms with van der Waals surface area (Å²) in [4.78, 5) is 26.2. The number of hydrogen-bond donors (Lipinski definition) is 1. The van der Waals surface area contributed by atoms with Gasteiger partial charge in [0.1, 0.15) is 0 Å². The summed E-state index contributed by atoms with van der Waals surface area (Å²) < 4.78 is 27.2. The minimum absolute atomic E-state index is 0.194. The van der Waals surface area contributed by atoms with Crippen LogP contribution in [0.5, 0.6) is 0 Å². The Bertz CT molecular complexity index is 884. The molecule has 1 aromatic carbocycles. The Kier molecular flexibility index (Phi) is 6.43. The zero-order chi connectivity index (χ0) is 21.2. The number of carbonyl (C=O) groups is 2. The molecule has 0 unspecified atom stereocenters. The number of allylic oxidation sites excluding steroid dienone is 2. The van der Waals surface area contributed by atoms with E-state index in [1.807, 2.05) is 18.2 Å². The van der Waals surface area contributed by atoms with Gasteiger partial charge in [-0.05, 0) is 36.5 Å². The van der Waals surface area contributed by atoms with Crippen molar-refractivity contribution >= 4 is 21.9 Å². The first-order valence-electron chi connectivity index (χ1n) is 9.98. The normalized spacial score (nSPS) is 23.3. The molecule has 1 heterocycles. The number of hydrogen-bond acceptors (Lipinski definition) is 4. The Morgan fingerprint density at radius 2 is 1.52 bits per heavy atom. The Hall–Kier alpha value is -2.19. The molecule has 0 aromatic heterocycles. The average molecular weight is 421 g/mol. The molecule has 0 saturated carbocycles. The van der Waals surface area contributed by atoms with E-state index in [2.05, 4.69) is 13.8 Å². The number of piperazine rings is 1. The molecule has 29 heavy (non-hydrogen) atoms. The van der Waals surface area contributed by atoms with Gasteiger partial charge >= 0.3 is 5.97 Å². The molecule has 1 amide bonds. The molecule has 1 aliphatic carbocycles. The predicted molar refractivity (Wildman–Crippen MR) is 109 cm³/mol. The fourth-order valence-corrected chi connectivity index (χ4v) is 5.34. The van der Waals surface area contributed by atoms with E-state index in [0.29, 0.717) is 18.8 Å². The first kappa shape index (κ1) is 21.5. The molecule has 8 heteroatoms. The van der Waals surface area contributed by atoms with Crippen LogP contribution >= 0.6 is 0 Å². The van der Waals surface area contributed by atoms with Crippen molar-refractivity contribution in [3.63, 3.8) is 0 Å². The SMILES string of the molecule is CC(C)c1ccc(S(=O)(=O)N2CCN(C(=O)[C@@H]3CC=CC[C@@H]3C(=O)O)CC2)cc1. The number of sulfonamides is 1. The lowest BCUT2D eigenvalue weighted by molar-refractivity contribution is -0.151. The Balaban J connectivity index is 1.65. The molecular formula is C21H28N2O5S. The second-order valence-electron chi connectivity index (χ2n) is 7.95. The molecule has 1 fully saturated rings. The summed E-state index contributed by atoms with van der Waals surface area (Å²) in [5, 5.41) is 9.39. The van der Waals surface area contributed by atoms with E-state index < -0.39 is 27.8 Å². The standard InChI is InChI=1S/C21H28N2O5S/c1-15(2)16-7-9-17(10-8-16)29(27,28)23-13-11-22(12-14-23)20(24)18-5-3-4-6-19(18)21(25)26/h3-4,7-10,15,18-19H,5-6,11-14H2,1-2H3,(H,25,26)/t18-,19+/m1/s1. The maximum Gasteiger partial charge on any atom is 0.307 e. The molecule has 1 aliphatic heterocycles. The third kappa shape index (κ3) is 4.53. The molecule has 0 radical (unpaired) electrons. The Morgan fingerprint density at radius 3 is 2.03 bits per heavy atom. The van der Waals surface area contributed by atoms with E-state index in [0.717, 1.165) is 5.56 Å². The summed E-state index contributed by atoms with van der Waals surface area (Å²) in [7, 11) is -3.61. The van der Waals surface area contributed by atoms with Crippen LogP contribution < -0.4 is 0 Å². The number of carboxylic acid groups (broad SMARTS) is 1. The highest BCUT2D eigenvalue weighted by molar-refractivity contribution is 7.89. The summed E-state index contributed by atoms with van der Waals surface area (Å²) in [5.74, 6) is -2.12. The first-order chi connectivity index (χ1) is 13.7. The largest absolute Gasteiger partial charge is 0.481 e. The number of rotatable bonds is 5. The minimum atomic E-state index is -3.61. The molecule has 7 nitrogen and oxygen atoms in total. The van der Waals surface area contributed by atoms with Gasteiger partial charge in [-0.3, -0.25) is 9.59 Å². The van der Waals surface area contributed by atoms with Gasteiger partial charge < -0.3 is 10.0 Å². The fraction of sp³-hybridized carbons (Fsp3) is 0.524. The lowest BCUT2D eigenvalue weighted by atomic mass is 9.82. The maximum atomic E-state index is 12.9. The number of benzene rings is 1. The highest BCUT2D eigenvalue weighted by atomic mass is 32.2. The van der Waals surface area contributed by atoms with Crippen LogP contribution in [0.2, 0.25) is 0 Å². The maximum absolute atomic E-state index is 12.9. The number of aliphatic carboxylic acids is 1. The van der Waals surface area contributed by atoms with E-state index in [4.69, 9.17) is 0 Å². The van der Waals surface area contributed by atoms with Crippen LogP contribution in [0.4, 0.5) is 0 Å². The smallest absolute Gasteiger partial charge is 0.307 e. The van der Waals surface area contributed by atoms with Crippen molar-refractivity contribution in [3.05, 3.63) is 42.0 Å². The molecule has 158 valence electrons. The van der Waals surface area contributed by atoms with E-state index in [-0.39, 0.29) is 37.0 Å². The van der Waals surface area contributed by atoms with Crippen LogP contribution in [0.3, 0.4) is 0 Å². The number of amides is 1. The van der Waals surface area contributed by atoms with E-state index in [9.17, 15) is 23.1 Å². The third-order valence-corrected chi connectivity index (χ3v) is 7.71. The van der Waals surface area contributed by atoms with Gasteiger partial charge in [-0.25, -0.2) is 8.42 Å². The number of carbonyl (C=O) groups excluding carboxylic acids is 1. The topological polar surface area (TPSA) is 95.0 Å². The van der Waals surface area contributed by atoms with Crippen molar-refractivity contribution in [3.8, 4) is 0 Å². The average Bonchev–Trinajstić information content (AvgIpc) is 2.73. The van der Waals surface area contributed by atoms with Crippen molar-refractivity contribution < 1.29 is 23.1 Å². The first-order valence-corrected chi connectivity index (χ1v) is 11.4. The van der Waals surface area contributed by atoms with Crippen molar-refractivity contribution in [1.29, 1.82) is 0 Å². The van der Waals surface area contributed by atoms with Gasteiger partial charge in [0, 0.05) is 26.2 Å². The van der Waals surface area contributed by atoms with Gasteiger partial charge in [-0.2, -0.15) is 4.31 Å². The van der Waals surface area contributed by atoms with Crippen LogP contribution in [0.25, 0.3) is 0 Å².